The molecular formula is C31H52N2O3. The van der Waals surface area contributed by atoms with Crippen molar-refractivity contribution in [3.8, 4) is 0 Å². The molecule has 1 N–H and O–H groups in total. The Balaban J connectivity index is 0.000000247. The minimum absolute atomic E-state index is 0.0404. The van der Waals surface area contributed by atoms with Crippen molar-refractivity contribution in [2.24, 2.45) is 11.3 Å². The molecular weight excluding hydrogens is 448 g/mol. The topological polar surface area (TPSA) is 60.9 Å². The number of aliphatic hydroxyl groups excluding tert-OH is 1. The molecule has 1 atom stereocenters. The lowest BCUT2D eigenvalue weighted by Gasteiger charge is -2.44. The highest BCUT2D eigenvalue weighted by molar-refractivity contribution is 5.77. The number of likely N-dealkylation sites (tertiary alicyclic amines) is 2. The van der Waals surface area contributed by atoms with Crippen LogP contribution < -0.4 is 0 Å². The first-order chi connectivity index (χ1) is 17.5. The van der Waals surface area contributed by atoms with E-state index in [-0.39, 0.29) is 11.5 Å². The van der Waals surface area contributed by atoms with E-state index < -0.39 is 0 Å². The van der Waals surface area contributed by atoms with Crippen molar-refractivity contribution in [1.29, 1.82) is 0 Å². The van der Waals surface area contributed by atoms with E-state index in [9.17, 15) is 14.7 Å². The van der Waals surface area contributed by atoms with Gasteiger partial charge in [0.1, 0.15) is 0 Å². The largest absolute Gasteiger partial charge is 0.392 e. The first kappa shape index (κ1) is 30.3. The molecule has 0 aromatic heterocycles. The molecule has 1 unspecified atom stereocenters. The molecule has 2 amide bonds. The summed E-state index contributed by atoms with van der Waals surface area (Å²) in [5.74, 6) is 1.43. The number of hydrogen-bond acceptors (Lipinski definition) is 3. The molecule has 1 spiro atoms. The van der Waals surface area contributed by atoms with Gasteiger partial charge in [0, 0.05) is 44.9 Å². The minimum atomic E-state index is -0.178. The van der Waals surface area contributed by atoms with Crippen LogP contribution in [0.3, 0.4) is 0 Å². The van der Waals surface area contributed by atoms with E-state index in [4.69, 9.17) is 0 Å². The number of hydrogen-bond donors (Lipinski definition) is 1. The second-order valence-electron chi connectivity index (χ2n) is 10.8. The van der Waals surface area contributed by atoms with Gasteiger partial charge in [0.25, 0.3) is 0 Å². The lowest BCUT2D eigenvalue weighted by atomic mass is 9.76. The third-order valence-corrected chi connectivity index (χ3v) is 8.30. The first-order valence-electron chi connectivity index (χ1n) is 14.7. The van der Waals surface area contributed by atoms with Gasteiger partial charge >= 0.3 is 0 Å². The summed E-state index contributed by atoms with van der Waals surface area (Å²) in [4.78, 5) is 26.9. The number of nitrogens with zero attached hydrogens (tertiary/aromatic N) is 2. The lowest BCUT2D eigenvalue weighted by molar-refractivity contribution is -0.139. The summed E-state index contributed by atoms with van der Waals surface area (Å²) in [5, 5.41) is 10.4. The molecule has 4 aliphatic rings. The Hall–Kier alpha value is -1.88. The van der Waals surface area contributed by atoms with Crippen molar-refractivity contribution >= 4 is 11.8 Å². The summed E-state index contributed by atoms with van der Waals surface area (Å²) in [5.41, 5.74) is 0.0404. The molecule has 2 saturated heterocycles. The number of aliphatic hydroxyl groups is 1. The Morgan fingerprint density at radius 2 is 1.47 bits per heavy atom. The van der Waals surface area contributed by atoms with Gasteiger partial charge in [0.15, 0.2) is 0 Å². The molecule has 1 aromatic rings. The fourth-order valence-electron chi connectivity index (χ4n) is 6.06. The van der Waals surface area contributed by atoms with Crippen LogP contribution in [0.5, 0.6) is 0 Å². The van der Waals surface area contributed by atoms with Crippen LogP contribution in [0, 0.1) is 11.3 Å². The van der Waals surface area contributed by atoms with E-state index in [0.717, 1.165) is 70.5 Å². The summed E-state index contributed by atoms with van der Waals surface area (Å²) < 4.78 is 0. The standard InChI is InChI=1S/C18H31NO2.C6H6.C5H9NO.C2H6/c20-16-10-13-19(14-18(16)11-4-5-12-18)17(21)9-8-15-6-2-1-3-7-15;1-2-4-6-5-3-1;1-6-4-2-3-5(6)7;1-2/h15-16,20H,1-14H2;1-6H;2-4H2,1H3;1-2H3. The van der Waals surface area contributed by atoms with Crippen LogP contribution in [-0.4, -0.2) is 59.5 Å². The average molecular weight is 501 g/mol. The molecule has 5 nitrogen and oxygen atoms in total. The Kier molecular flexibility index (Phi) is 14.1. The normalized spacial score (nSPS) is 23.1. The molecule has 2 saturated carbocycles. The van der Waals surface area contributed by atoms with Gasteiger partial charge in [-0.3, -0.25) is 9.59 Å². The molecule has 36 heavy (non-hydrogen) atoms. The van der Waals surface area contributed by atoms with Crippen molar-refractivity contribution in [2.45, 2.75) is 110 Å². The highest BCUT2D eigenvalue weighted by Gasteiger charge is 2.45. The molecule has 2 heterocycles. The second kappa shape index (κ2) is 16.8. The predicted octanol–water partition coefficient (Wildman–Crippen LogP) is 6.45. The number of carbonyl (C=O) groups is 2. The summed E-state index contributed by atoms with van der Waals surface area (Å²) in [6, 6.07) is 12.0. The Morgan fingerprint density at radius 1 is 0.889 bits per heavy atom. The van der Waals surface area contributed by atoms with Crippen LogP contribution in [-0.2, 0) is 9.59 Å². The van der Waals surface area contributed by atoms with Crippen molar-refractivity contribution in [3.05, 3.63) is 36.4 Å². The fraction of sp³-hybridized carbons (Fsp3) is 0.742. The van der Waals surface area contributed by atoms with Crippen molar-refractivity contribution in [3.63, 3.8) is 0 Å². The van der Waals surface area contributed by atoms with Gasteiger partial charge in [-0.25, -0.2) is 0 Å². The molecule has 204 valence electrons. The van der Waals surface area contributed by atoms with E-state index in [0.29, 0.717) is 11.8 Å². The smallest absolute Gasteiger partial charge is 0.222 e. The van der Waals surface area contributed by atoms with E-state index in [1.807, 2.05) is 57.3 Å². The maximum absolute atomic E-state index is 12.5. The van der Waals surface area contributed by atoms with Crippen LogP contribution in [0.2, 0.25) is 0 Å². The number of piperidine rings is 1. The van der Waals surface area contributed by atoms with Gasteiger partial charge in [-0.1, -0.05) is 95.2 Å². The maximum Gasteiger partial charge on any atom is 0.222 e. The number of amides is 2. The zero-order valence-corrected chi connectivity index (χ0v) is 23.3. The quantitative estimate of drug-likeness (QED) is 0.519. The third kappa shape index (κ3) is 9.88. The van der Waals surface area contributed by atoms with E-state index in [1.54, 1.807) is 4.90 Å². The molecule has 0 bridgehead atoms. The monoisotopic (exact) mass is 500 g/mol. The Bertz CT molecular complexity index is 700. The van der Waals surface area contributed by atoms with E-state index in [2.05, 4.69) is 4.90 Å². The average Bonchev–Trinajstić information content (AvgIpc) is 3.56. The van der Waals surface area contributed by atoms with Crippen LogP contribution in [0.1, 0.15) is 104 Å². The Morgan fingerprint density at radius 3 is 1.94 bits per heavy atom. The summed E-state index contributed by atoms with van der Waals surface area (Å²) in [7, 11) is 1.84. The molecule has 2 aliphatic heterocycles. The molecule has 4 fully saturated rings. The predicted molar refractivity (Wildman–Crippen MR) is 149 cm³/mol. The summed E-state index contributed by atoms with van der Waals surface area (Å²) >= 11 is 0. The van der Waals surface area contributed by atoms with Gasteiger partial charge in [-0.2, -0.15) is 0 Å². The molecule has 0 radical (unpaired) electrons. The molecule has 1 aromatic carbocycles. The zero-order valence-electron chi connectivity index (χ0n) is 23.3. The van der Waals surface area contributed by atoms with Crippen LogP contribution in [0.15, 0.2) is 36.4 Å². The van der Waals surface area contributed by atoms with Crippen LogP contribution >= 0.6 is 0 Å². The molecule has 5 rings (SSSR count). The fourth-order valence-corrected chi connectivity index (χ4v) is 6.06. The number of carbonyl (C=O) groups excluding carboxylic acids is 2. The maximum atomic E-state index is 12.5. The first-order valence-corrected chi connectivity index (χ1v) is 14.7. The molecule has 5 heteroatoms. The highest BCUT2D eigenvalue weighted by atomic mass is 16.3. The van der Waals surface area contributed by atoms with Crippen molar-refractivity contribution in [2.75, 3.05) is 26.7 Å². The van der Waals surface area contributed by atoms with Crippen molar-refractivity contribution in [1.82, 2.24) is 9.80 Å². The number of benzene rings is 1. The van der Waals surface area contributed by atoms with Gasteiger partial charge in [0.2, 0.25) is 11.8 Å². The van der Waals surface area contributed by atoms with Crippen LogP contribution in [0.25, 0.3) is 0 Å². The molecule has 2 aliphatic carbocycles. The third-order valence-electron chi connectivity index (χ3n) is 8.30. The van der Waals surface area contributed by atoms with Crippen LogP contribution in [0.4, 0.5) is 0 Å². The lowest BCUT2D eigenvalue weighted by Crippen LogP contribution is -2.52. The highest BCUT2D eigenvalue weighted by Crippen LogP contribution is 2.45. The van der Waals surface area contributed by atoms with Gasteiger partial charge in [-0.15, -0.1) is 0 Å². The Labute approximate surface area is 220 Å². The second-order valence-corrected chi connectivity index (χ2v) is 10.8. The van der Waals surface area contributed by atoms with Crippen molar-refractivity contribution < 1.29 is 14.7 Å². The minimum Gasteiger partial charge on any atom is -0.392 e. The number of rotatable bonds is 3. The van der Waals surface area contributed by atoms with Gasteiger partial charge < -0.3 is 14.9 Å². The summed E-state index contributed by atoms with van der Waals surface area (Å²) in [6.07, 6.45) is 15.7. The van der Waals surface area contributed by atoms with Gasteiger partial charge in [-0.05, 0) is 38.0 Å². The zero-order chi connectivity index (χ0) is 26.2. The summed E-state index contributed by atoms with van der Waals surface area (Å²) in [6.45, 7) is 6.54. The van der Waals surface area contributed by atoms with E-state index in [1.165, 1.54) is 44.9 Å². The van der Waals surface area contributed by atoms with Gasteiger partial charge in [0.05, 0.1) is 6.10 Å². The van der Waals surface area contributed by atoms with E-state index >= 15 is 0 Å². The SMILES string of the molecule is CC.CN1CCCC1=O.O=C(CCC1CCCCC1)N1CCC(O)C2(CCCC2)C1.c1ccccc1.